The molecule has 0 aliphatic carbocycles. The van der Waals surface area contributed by atoms with Gasteiger partial charge in [0.25, 0.3) is 0 Å². The third-order valence-electron chi connectivity index (χ3n) is 2.31. The standard InChI is InChI=1S/C10H7ClIN3O/c1-2-6-3-8(16)15(5-6)9-7(12)4-13-10(11)14-9/h1,4,6H,3,5H2. The molecule has 0 bridgehead atoms. The van der Waals surface area contributed by atoms with Gasteiger partial charge in [0.1, 0.15) is 0 Å². The molecule has 16 heavy (non-hydrogen) atoms. The number of terminal acetylenes is 1. The summed E-state index contributed by atoms with van der Waals surface area (Å²) in [4.78, 5) is 21.2. The molecule has 1 aromatic heterocycles. The minimum atomic E-state index is -0.0444. The minimum Gasteiger partial charge on any atom is -0.294 e. The van der Waals surface area contributed by atoms with Crippen molar-refractivity contribution in [3.8, 4) is 12.3 Å². The maximum Gasteiger partial charge on any atom is 0.229 e. The summed E-state index contributed by atoms with van der Waals surface area (Å²) in [6, 6.07) is 0. The second-order valence-electron chi connectivity index (χ2n) is 3.38. The Kier molecular flexibility index (Phi) is 3.30. The Morgan fingerprint density at radius 2 is 2.44 bits per heavy atom. The quantitative estimate of drug-likeness (QED) is 0.441. The Morgan fingerprint density at radius 1 is 1.69 bits per heavy atom. The van der Waals surface area contributed by atoms with Crippen LogP contribution in [0, 0.1) is 21.8 Å². The van der Waals surface area contributed by atoms with E-state index in [9.17, 15) is 4.79 Å². The van der Waals surface area contributed by atoms with Gasteiger partial charge < -0.3 is 0 Å². The molecule has 1 saturated heterocycles. The van der Waals surface area contributed by atoms with E-state index in [-0.39, 0.29) is 17.1 Å². The average molecular weight is 348 g/mol. The van der Waals surface area contributed by atoms with Gasteiger partial charge in [-0.05, 0) is 34.2 Å². The zero-order valence-electron chi connectivity index (χ0n) is 8.15. The maximum atomic E-state index is 11.7. The molecule has 0 aromatic carbocycles. The summed E-state index contributed by atoms with van der Waals surface area (Å²) in [6.45, 7) is 0.499. The number of aromatic nitrogens is 2. The van der Waals surface area contributed by atoms with Gasteiger partial charge in [-0.3, -0.25) is 9.69 Å². The lowest BCUT2D eigenvalue weighted by atomic mass is 10.1. The molecule has 1 aliphatic rings. The third-order valence-corrected chi connectivity index (χ3v) is 3.26. The van der Waals surface area contributed by atoms with Gasteiger partial charge in [-0.15, -0.1) is 12.3 Å². The predicted molar refractivity (Wildman–Crippen MR) is 69.1 cm³/mol. The molecule has 0 radical (unpaired) electrons. The van der Waals surface area contributed by atoms with Crippen LogP contribution in [0.25, 0.3) is 0 Å². The zero-order valence-corrected chi connectivity index (χ0v) is 11.1. The smallest absolute Gasteiger partial charge is 0.229 e. The van der Waals surface area contributed by atoms with Gasteiger partial charge in [-0.25, -0.2) is 4.98 Å². The number of carbonyl (C=O) groups excluding carboxylic acids is 1. The Morgan fingerprint density at radius 3 is 3.06 bits per heavy atom. The summed E-state index contributed by atoms with van der Waals surface area (Å²) in [5, 5.41) is 0.132. The highest BCUT2D eigenvalue weighted by molar-refractivity contribution is 14.1. The van der Waals surface area contributed by atoms with Crippen LogP contribution in [0.2, 0.25) is 5.28 Å². The van der Waals surface area contributed by atoms with Gasteiger partial charge in [-0.2, -0.15) is 4.98 Å². The fourth-order valence-electron chi connectivity index (χ4n) is 1.55. The number of rotatable bonds is 1. The molecule has 2 rings (SSSR count). The van der Waals surface area contributed by atoms with Crippen LogP contribution in [0.4, 0.5) is 5.82 Å². The van der Waals surface area contributed by atoms with Crippen molar-refractivity contribution in [2.24, 2.45) is 5.92 Å². The molecule has 0 spiro atoms. The van der Waals surface area contributed by atoms with Crippen LogP contribution in [0.15, 0.2) is 6.20 Å². The highest BCUT2D eigenvalue weighted by Gasteiger charge is 2.31. The summed E-state index contributed by atoms with van der Waals surface area (Å²) in [7, 11) is 0. The van der Waals surface area contributed by atoms with Crippen LogP contribution in [-0.4, -0.2) is 22.4 Å². The highest BCUT2D eigenvalue weighted by Crippen LogP contribution is 2.27. The molecule has 1 unspecified atom stereocenters. The van der Waals surface area contributed by atoms with Crippen molar-refractivity contribution in [2.75, 3.05) is 11.4 Å². The van der Waals surface area contributed by atoms with E-state index < -0.39 is 0 Å². The number of hydrogen-bond acceptors (Lipinski definition) is 3. The number of anilines is 1. The van der Waals surface area contributed by atoms with Gasteiger partial charge in [0, 0.05) is 25.1 Å². The second-order valence-corrected chi connectivity index (χ2v) is 4.88. The largest absolute Gasteiger partial charge is 0.294 e. The van der Waals surface area contributed by atoms with Crippen LogP contribution in [0.5, 0.6) is 0 Å². The van der Waals surface area contributed by atoms with E-state index in [2.05, 4.69) is 38.5 Å². The first kappa shape index (κ1) is 11.6. The van der Waals surface area contributed by atoms with E-state index in [0.717, 1.165) is 3.57 Å². The summed E-state index contributed by atoms with van der Waals surface area (Å²) in [6.07, 6.45) is 7.27. The molecule has 4 nitrogen and oxygen atoms in total. The first-order valence-electron chi connectivity index (χ1n) is 4.56. The molecule has 1 amide bonds. The number of amides is 1. The Balaban J connectivity index is 2.35. The molecular formula is C10H7ClIN3O. The van der Waals surface area contributed by atoms with Crippen molar-refractivity contribution >= 4 is 45.9 Å². The van der Waals surface area contributed by atoms with E-state index >= 15 is 0 Å². The van der Waals surface area contributed by atoms with Crippen molar-refractivity contribution < 1.29 is 4.79 Å². The van der Waals surface area contributed by atoms with E-state index in [4.69, 9.17) is 18.0 Å². The summed E-state index contributed by atoms with van der Waals surface area (Å²) in [5.74, 6) is 3.07. The summed E-state index contributed by atoms with van der Waals surface area (Å²) < 4.78 is 0.785. The van der Waals surface area contributed by atoms with Gasteiger partial charge >= 0.3 is 0 Å². The topological polar surface area (TPSA) is 46.1 Å². The number of carbonyl (C=O) groups is 1. The van der Waals surface area contributed by atoms with Crippen molar-refractivity contribution in [3.05, 3.63) is 15.1 Å². The zero-order chi connectivity index (χ0) is 11.7. The fourth-order valence-corrected chi connectivity index (χ4v) is 2.23. The molecule has 1 atom stereocenters. The minimum absolute atomic E-state index is 0.0179. The third kappa shape index (κ3) is 2.13. The van der Waals surface area contributed by atoms with Crippen molar-refractivity contribution in [3.63, 3.8) is 0 Å². The number of nitrogens with zero attached hydrogens (tertiary/aromatic N) is 3. The Hall–Kier alpha value is -0.870. The maximum absolute atomic E-state index is 11.7. The van der Waals surface area contributed by atoms with Crippen molar-refractivity contribution in [1.82, 2.24) is 9.97 Å². The Labute approximate surface area is 112 Å². The van der Waals surface area contributed by atoms with Crippen LogP contribution in [0.3, 0.4) is 0 Å². The monoisotopic (exact) mass is 347 g/mol. The SMILES string of the molecule is C#CC1CC(=O)N(c2nc(Cl)ncc2I)C1. The molecule has 0 saturated carbocycles. The molecule has 1 aliphatic heterocycles. The first-order chi connectivity index (χ1) is 7.61. The molecular weight excluding hydrogens is 340 g/mol. The average Bonchev–Trinajstić information content (AvgIpc) is 2.63. The molecule has 6 heteroatoms. The van der Waals surface area contributed by atoms with E-state index in [1.165, 1.54) is 0 Å². The van der Waals surface area contributed by atoms with Crippen LogP contribution in [-0.2, 0) is 4.79 Å². The normalized spacial score (nSPS) is 19.9. The van der Waals surface area contributed by atoms with E-state index in [1.54, 1.807) is 11.1 Å². The number of hydrogen-bond donors (Lipinski definition) is 0. The van der Waals surface area contributed by atoms with Gasteiger partial charge in [0.05, 0.1) is 3.57 Å². The van der Waals surface area contributed by atoms with Gasteiger partial charge in [0.15, 0.2) is 5.82 Å². The molecule has 1 fully saturated rings. The van der Waals surface area contributed by atoms with Crippen LogP contribution < -0.4 is 4.90 Å². The fraction of sp³-hybridized carbons (Fsp3) is 0.300. The van der Waals surface area contributed by atoms with Crippen molar-refractivity contribution in [2.45, 2.75) is 6.42 Å². The highest BCUT2D eigenvalue weighted by atomic mass is 127. The van der Waals surface area contributed by atoms with Gasteiger partial charge in [-0.1, -0.05) is 0 Å². The Bertz CT molecular complexity index is 485. The van der Waals surface area contributed by atoms with Crippen LogP contribution >= 0.6 is 34.2 Å². The van der Waals surface area contributed by atoms with Crippen LogP contribution in [0.1, 0.15) is 6.42 Å². The number of halogens is 2. The second kappa shape index (κ2) is 4.55. The molecule has 1 aromatic rings. The van der Waals surface area contributed by atoms with Gasteiger partial charge in [0.2, 0.25) is 11.2 Å². The lowest BCUT2D eigenvalue weighted by Crippen LogP contribution is -2.26. The molecule has 0 N–H and O–H groups in total. The predicted octanol–water partition coefficient (Wildman–Crippen LogP) is 1.72. The molecule has 82 valence electrons. The first-order valence-corrected chi connectivity index (χ1v) is 6.02. The summed E-state index contributed by atoms with van der Waals surface area (Å²) in [5.41, 5.74) is 0. The lowest BCUT2D eigenvalue weighted by Gasteiger charge is -2.15. The van der Waals surface area contributed by atoms with Crippen molar-refractivity contribution in [1.29, 1.82) is 0 Å². The van der Waals surface area contributed by atoms with E-state index in [1.807, 2.05) is 0 Å². The lowest BCUT2D eigenvalue weighted by molar-refractivity contribution is -0.117. The van der Waals surface area contributed by atoms with E-state index in [0.29, 0.717) is 18.8 Å². The molecule has 2 heterocycles. The summed E-state index contributed by atoms with van der Waals surface area (Å²) >= 11 is 7.78.